The highest BCUT2D eigenvalue weighted by Crippen LogP contribution is 2.17. The van der Waals surface area contributed by atoms with E-state index in [1.807, 2.05) is 4.57 Å². The first-order chi connectivity index (χ1) is 14.8. The van der Waals surface area contributed by atoms with Crippen LogP contribution in [0.2, 0.25) is 10.4 Å². The Kier molecular flexibility index (Phi) is 9.53. The third-order valence-electron chi connectivity index (χ3n) is 4.27. The number of carbonyl (C=O) groups is 2. The van der Waals surface area contributed by atoms with E-state index in [1.54, 1.807) is 6.33 Å². The molecule has 2 aromatic heterocycles. The van der Waals surface area contributed by atoms with Crippen LogP contribution in [0, 0.1) is 0 Å². The Morgan fingerprint density at radius 1 is 1.26 bits per heavy atom. The van der Waals surface area contributed by atoms with Crippen LogP contribution in [0.25, 0.3) is 11.2 Å². The highest BCUT2D eigenvalue weighted by atomic mass is 35.5. The van der Waals surface area contributed by atoms with Crippen LogP contribution in [0.3, 0.4) is 0 Å². The molecule has 0 bridgehead atoms. The number of alkyl carbamates (subject to hydrolysis) is 1. The number of aromatic nitrogens is 4. The predicted octanol–water partition coefficient (Wildman–Crippen LogP) is 0.955. The first-order valence-corrected chi connectivity index (χ1v) is 10.3. The quantitative estimate of drug-likeness (QED) is 0.0748. The average Bonchev–Trinajstić information content (AvgIpc) is 3.09. The minimum absolute atomic E-state index is 0.0665. The van der Waals surface area contributed by atoms with Crippen LogP contribution in [0.5, 0.6) is 0 Å². The molecule has 31 heavy (non-hydrogen) atoms. The van der Waals surface area contributed by atoms with E-state index in [9.17, 15) is 14.7 Å². The molecular formula is C17H25Cl2N8O4+. The normalized spacial score (nSPS) is 11.8. The number of nitrogens with one attached hydrogen (secondary N) is 2. The van der Waals surface area contributed by atoms with E-state index in [1.165, 1.54) is 0 Å². The van der Waals surface area contributed by atoms with Gasteiger partial charge in [0.1, 0.15) is 6.04 Å². The number of unbranched alkanes of at least 4 members (excludes halogenated alkanes) is 2. The number of aromatic amines is 1. The fraction of sp³-hybridized carbons (Fsp3) is 0.529. The third kappa shape index (κ3) is 8.06. The fourth-order valence-electron chi connectivity index (χ4n) is 2.77. The molecule has 0 aromatic carbocycles. The Morgan fingerprint density at radius 2 is 2.03 bits per heavy atom. The molecule has 2 rings (SSSR count). The van der Waals surface area contributed by atoms with Gasteiger partial charge in [0.25, 0.3) is 0 Å². The van der Waals surface area contributed by atoms with Crippen molar-refractivity contribution >= 4 is 52.4 Å². The van der Waals surface area contributed by atoms with Gasteiger partial charge in [0.05, 0.1) is 13.2 Å². The molecule has 2 aromatic rings. The summed E-state index contributed by atoms with van der Waals surface area (Å²) in [5.74, 6) is -1.22. The van der Waals surface area contributed by atoms with E-state index in [0.29, 0.717) is 30.6 Å². The molecule has 0 saturated heterocycles. The maximum atomic E-state index is 11.8. The summed E-state index contributed by atoms with van der Waals surface area (Å²) in [5, 5.41) is 11.8. The lowest BCUT2D eigenvalue weighted by atomic mass is 10.1. The number of aryl methyl sites for hydroxylation is 1. The molecule has 0 radical (unpaired) electrons. The summed E-state index contributed by atoms with van der Waals surface area (Å²) in [4.78, 5) is 37.9. The van der Waals surface area contributed by atoms with Crippen molar-refractivity contribution in [1.29, 1.82) is 0 Å². The number of carboxylic acids is 1. The number of hydrogen-bond donors (Lipinski definition) is 5. The lowest BCUT2D eigenvalue weighted by Crippen LogP contribution is -2.41. The smallest absolute Gasteiger partial charge is 0.407 e. The molecule has 0 fully saturated rings. The number of H-pyrrole nitrogens is 1. The van der Waals surface area contributed by atoms with Crippen LogP contribution in [-0.4, -0.2) is 57.3 Å². The number of guanidine groups is 1. The fourth-order valence-corrected chi connectivity index (χ4v) is 3.20. The van der Waals surface area contributed by atoms with E-state index >= 15 is 0 Å². The lowest BCUT2D eigenvalue weighted by molar-refractivity contribution is -0.673. The van der Waals surface area contributed by atoms with Crippen molar-refractivity contribution in [2.45, 2.75) is 44.7 Å². The van der Waals surface area contributed by atoms with E-state index in [0.717, 1.165) is 12.8 Å². The average molecular weight is 476 g/mol. The molecule has 0 saturated carbocycles. The highest BCUT2D eigenvalue weighted by molar-refractivity contribution is 6.35. The number of carbonyl (C=O) groups excluding carboxylic acids is 1. The zero-order valence-corrected chi connectivity index (χ0v) is 18.2. The number of halogens is 2. The summed E-state index contributed by atoms with van der Waals surface area (Å²) >= 11 is 11.9. The molecule has 0 unspecified atom stereocenters. The maximum absolute atomic E-state index is 11.8. The van der Waals surface area contributed by atoms with Crippen molar-refractivity contribution < 1.29 is 24.0 Å². The van der Waals surface area contributed by atoms with E-state index in [-0.39, 0.29) is 36.0 Å². The molecule has 7 N–H and O–H groups in total. The van der Waals surface area contributed by atoms with Gasteiger partial charge >= 0.3 is 23.0 Å². The van der Waals surface area contributed by atoms with Crippen molar-refractivity contribution in [3.05, 3.63) is 16.8 Å². The van der Waals surface area contributed by atoms with Crippen molar-refractivity contribution in [2.24, 2.45) is 16.5 Å². The molecule has 0 spiro atoms. The summed E-state index contributed by atoms with van der Waals surface area (Å²) in [5.41, 5.74) is 11.6. The molecule has 0 aliphatic rings. The van der Waals surface area contributed by atoms with E-state index in [4.69, 9.17) is 39.4 Å². The number of ether oxygens (including phenoxy) is 1. The van der Waals surface area contributed by atoms with Gasteiger partial charge in [-0.3, -0.25) is 9.98 Å². The molecule has 1 amide bonds. The molecule has 1 atom stereocenters. The molecule has 2 heterocycles. The Morgan fingerprint density at radius 3 is 2.74 bits per heavy atom. The zero-order valence-electron chi connectivity index (χ0n) is 16.7. The Bertz CT molecular complexity index is 932. The largest absolute Gasteiger partial charge is 0.480 e. The van der Waals surface area contributed by atoms with Crippen molar-refractivity contribution in [3.63, 3.8) is 0 Å². The van der Waals surface area contributed by atoms with Gasteiger partial charge < -0.3 is 26.6 Å². The maximum Gasteiger partial charge on any atom is 0.407 e. The third-order valence-corrected chi connectivity index (χ3v) is 4.71. The topological polar surface area (TPSA) is 185 Å². The van der Waals surface area contributed by atoms with Crippen LogP contribution in [0.15, 0.2) is 11.3 Å². The van der Waals surface area contributed by atoms with Gasteiger partial charge in [-0.15, -0.1) is 0 Å². The predicted molar refractivity (Wildman–Crippen MR) is 114 cm³/mol. The molecule has 0 aliphatic carbocycles. The highest BCUT2D eigenvalue weighted by Gasteiger charge is 2.20. The minimum Gasteiger partial charge on any atom is -0.480 e. The molecule has 170 valence electrons. The summed E-state index contributed by atoms with van der Waals surface area (Å²) in [7, 11) is 0. The molecular weight excluding hydrogens is 451 g/mol. The van der Waals surface area contributed by atoms with Gasteiger partial charge in [-0.2, -0.15) is 4.98 Å². The number of nitrogens with zero attached hydrogens (tertiary/aromatic N) is 4. The number of imidazole rings is 1. The number of hydrogen-bond acceptors (Lipinski definition) is 6. The number of carboxylic acid groups (broad SMARTS) is 1. The van der Waals surface area contributed by atoms with E-state index < -0.39 is 18.1 Å². The number of aliphatic imine (C=N–C) groups is 1. The van der Waals surface area contributed by atoms with Crippen LogP contribution in [0.1, 0.15) is 32.1 Å². The van der Waals surface area contributed by atoms with Gasteiger partial charge in [0.2, 0.25) is 5.52 Å². The van der Waals surface area contributed by atoms with Gasteiger partial charge in [0.15, 0.2) is 17.4 Å². The Labute approximate surface area is 188 Å². The summed E-state index contributed by atoms with van der Waals surface area (Å²) < 4.78 is 6.93. The number of fused-ring (bicyclic) bond motifs is 1. The summed E-state index contributed by atoms with van der Waals surface area (Å²) in [6.07, 6.45) is 3.74. The number of amides is 1. The van der Waals surface area contributed by atoms with Gasteiger partial charge in [-0.1, -0.05) is 16.6 Å². The SMILES string of the molecule is NC(N)=NCCC[C@H](NC(=O)OCCCCC[n+]1c[nH]c2c(Cl)nc(Cl)nc21)C(=O)O. The van der Waals surface area contributed by atoms with Crippen LogP contribution in [-0.2, 0) is 16.1 Å². The zero-order chi connectivity index (χ0) is 22.8. The number of rotatable bonds is 12. The summed E-state index contributed by atoms with van der Waals surface area (Å²) in [6, 6.07) is -1.07. The first-order valence-electron chi connectivity index (χ1n) is 9.59. The van der Waals surface area contributed by atoms with Crippen molar-refractivity contribution in [3.8, 4) is 0 Å². The van der Waals surface area contributed by atoms with Crippen molar-refractivity contribution in [1.82, 2.24) is 20.3 Å². The number of nitrogens with two attached hydrogens (primary N) is 2. The van der Waals surface area contributed by atoms with Crippen molar-refractivity contribution in [2.75, 3.05) is 13.2 Å². The molecule has 14 heteroatoms. The number of aliphatic carboxylic acids is 1. The Balaban J connectivity index is 1.66. The second-order valence-electron chi connectivity index (χ2n) is 6.63. The van der Waals surface area contributed by atoms with Gasteiger partial charge in [0, 0.05) is 6.54 Å². The second-order valence-corrected chi connectivity index (χ2v) is 7.33. The summed E-state index contributed by atoms with van der Waals surface area (Å²) in [6.45, 7) is 1.11. The lowest BCUT2D eigenvalue weighted by Gasteiger charge is -2.14. The standard InChI is InChI=1S/C17H24Cl2N8O4/c18-12-11-13(26-15(19)25-12)27(9-23-11)7-2-1-3-8-31-17(30)24-10(14(28)29)5-4-6-22-16(20)21/h9-10H,1-8H2,(H6,20,21,22,24,28,29,30)/p+1/t10-/m0/s1. The van der Waals surface area contributed by atoms with Gasteiger partial charge in [-0.05, 0) is 43.7 Å². The molecule has 0 aliphatic heterocycles. The van der Waals surface area contributed by atoms with E-state index in [2.05, 4.69) is 25.3 Å². The van der Waals surface area contributed by atoms with Crippen LogP contribution >= 0.6 is 23.2 Å². The molecule has 12 nitrogen and oxygen atoms in total. The Hall–Kier alpha value is -2.86. The second kappa shape index (κ2) is 12.1. The first kappa shape index (κ1) is 24.4. The van der Waals surface area contributed by atoms with Crippen LogP contribution in [0.4, 0.5) is 4.79 Å². The van der Waals surface area contributed by atoms with Crippen LogP contribution < -0.4 is 21.4 Å². The minimum atomic E-state index is -1.15. The monoisotopic (exact) mass is 475 g/mol. The van der Waals surface area contributed by atoms with Gasteiger partial charge in [-0.25, -0.2) is 14.2 Å².